The van der Waals surface area contributed by atoms with Gasteiger partial charge in [0, 0.05) is 13.1 Å². The van der Waals surface area contributed by atoms with Crippen LogP contribution in [0.1, 0.15) is 50.7 Å². The molecule has 0 aliphatic rings. The fourth-order valence-electron chi connectivity index (χ4n) is 3.19. The topological polar surface area (TPSA) is 3.24 Å². The van der Waals surface area contributed by atoms with E-state index in [1.54, 1.807) is 0 Å². The summed E-state index contributed by atoms with van der Waals surface area (Å²) >= 11 is 4.66. The van der Waals surface area contributed by atoms with E-state index in [9.17, 15) is 0 Å². The normalized spacial score (nSPS) is 12.1. The van der Waals surface area contributed by atoms with E-state index < -0.39 is 0 Å². The second-order valence-corrected chi connectivity index (χ2v) is 6.63. The molecule has 1 rings (SSSR count). The van der Waals surface area contributed by atoms with E-state index in [1.807, 2.05) is 0 Å². The Hall–Kier alpha value is -0.470. The van der Waals surface area contributed by atoms with Crippen molar-refractivity contribution in [1.82, 2.24) is 4.90 Å². The van der Waals surface area contributed by atoms with Gasteiger partial charge in [-0.25, -0.2) is 0 Å². The van der Waals surface area contributed by atoms with Gasteiger partial charge < -0.3 is 4.90 Å². The highest BCUT2D eigenvalue weighted by atomic mass is 32.1. The average molecular weight is 294 g/mol. The van der Waals surface area contributed by atoms with E-state index in [1.165, 1.54) is 36.8 Å². The largest absolute Gasteiger partial charge is 0.302 e. The SMILES string of the molecule is CCCC(CS)(CCC)CN(C)Cc1ccc(C)cc1. The van der Waals surface area contributed by atoms with Crippen LogP contribution < -0.4 is 0 Å². The minimum Gasteiger partial charge on any atom is -0.302 e. The summed E-state index contributed by atoms with van der Waals surface area (Å²) in [7, 11) is 2.24. The van der Waals surface area contributed by atoms with Crippen molar-refractivity contribution in [2.75, 3.05) is 19.3 Å². The molecule has 0 radical (unpaired) electrons. The highest BCUT2D eigenvalue weighted by molar-refractivity contribution is 7.80. The van der Waals surface area contributed by atoms with Crippen molar-refractivity contribution in [3.8, 4) is 0 Å². The molecule has 114 valence electrons. The zero-order valence-electron chi connectivity index (χ0n) is 13.7. The van der Waals surface area contributed by atoms with Gasteiger partial charge in [0.15, 0.2) is 0 Å². The zero-order chi connectivity index (χ0) is 15.0. The van der Waals surface area contributed by atoms with Crippen molar-refractivity contribution in [2.24, 2.45) is 5.41 Å². The van der Waals surface area contributed by atoms with E-state index in [-0.39, 0.29) is 0 Å². The van der Waals surface area contributed by atoms with Crippen LogP contribution in [0.4, 0.5) is 0 Å². The van der Waals surface area contributed by atoms with Crippen LogP contribution in [0, 0.1) is 12.3 Å². The molecule has 1 aromatic carbocycles. The molecule has 0 unspecified atom stereocenters. The lowest BCUT2D eigenvalue weighted by atomic mass is 9.80. The van der Waals surface area contributed by atoms with Crippen LogP contribution in [0.25, 0.3) is 0 Å². The number of thiol groups is 1. The van der Waals surface area contributed by atoms with Gasteiger partial charge in [0.2, 0.25) is 0 Å². The third-order valence-corrected chi connectivity index (χ3v) is 4.75. The molecule has 0 aliphatic heterocycles. The van der Waals surface area contributed by atoms with Crippen LogP contribution in [-0.4, -0.2) is 24.2 Å². The van der Waals surface area contributed by atoms with Crippen molar-refractivity contribution < 1.29 is 0 Å². The summed E-state index contributed by atoms with van der Waals surface area (Å²) in [4.78, 5) is 2.46. The van der Waals surface area contributed by atoms with E-state index in [4.69, 9.17) is 0 Å². The zero-order valence-corrected chi connectivity index (χ0v) is 14.5. The van der Waals surface area contributed by atoms with E-state index in [0.717, 1.165) is 18.8 Å². The summed E-state index contributed by atoms with van der Waals surface area (Å²) in [6, 6.07) is 8.89. The minimum atomic E-state index is 0.381. The van der Waals surface area contributed by atoms with Crippen molar-refractivity contribution in [3.05, 3.63) is 35.4 Å². The molecule has 0 fully saturated rings. The van der Waals surface area contributed by atoms with Gasteiger partial charge in [-0.1, -0.05) is 56.5 Å². The number of hydrogen-bond donors (Lipinski definition) is 1. The van der Waals surface area contributed by atoms with Crippen molar-refractivity contribution in [1.29, 1.82) is 0 Å². The molecule has 1 aromatic rings. The standard InChI is InChI=1S/C18H31NS/c1-5-11-18(15-20,12-6-2)14-19(4)13-17-9-7-16(3)8-10-17/h7-10,20H,5-6,11-15H2,1-4H3. The monoisotopic (exact) mass is 293 g/mol. The van der Waals surface area contributed by atoms with Gasteiger partial charge in [0.1, 0.15) is 0 Å². The van der Waals surface area contributed by atoms with Crippen molar-refractivity contribution in [3.63, 3.8) is 0 Å². The minimum absolute atomic E-state index is 0.381. The molecule has 0 bridgehead atoms. The Labute approximate surface area is 131 Å². The lowest BCUT2D eigenvalue weighted by molar-refractivity contribution is 0.165. The Bertz CT molecular complexity index is 366. The number of aryl methyl sites for hydroxylation is 1. The Morgan fingerprint density at radius 3 is 2.05 bits per heavy atom. The van der Waals surface area contributed by atoms with E-state index in [2.05, 4.69) is 69.6 Å². The van der Waals surface area contributed by atoms with Crippen LogP contribution in [0.5, 0.6) is 0 Å². The van der Waals surface area contributed by atoms with E-state index >= 15 is 0 Å². The highest BCUT2D eigenvalue weighted by Gasteiger charge is 2.28. The van der Waals surface area contributed by atoms with Gasteiger partial charge in [-0.2, -0.15) is 12.6 Å². The molecule has 0 N–H and O–H groups in total. The maximum atomic E-state index is 4.66. The maximum Gasteiger partial charge on any atom is 0.0230 e. The van der Waals surface area contributed by atoms with Crippen LogP contribution in [0.3, 0.4) is 0 Å². The quantitative estimate of drug-likeness (QED) is 0.631. The number of benzene rings is 1. The van der Waals surface area contributed by atoms with Gasteiger partial charge in [-0.15, -0.1) is 0 Å². The van der Waals surface area contributed by atoms with Crippen LogP contribution in [0.2, 0.25) is 0 Å². The smallest absolute Gasteiger partial charge is 0.0230 e. The fourth-order valence-corrected chi connectivity index (χ4v) is 3.60. The lowest BCUT2D eigenvalue weighted by Gasteiger charge is -2.36. The third kappa shape index (κ3) is 5.49. The maximum absolute atomic E-state index is 4.66. The Kier molecular flexibility index (Phi) is 7.68. The summed E-state index contributed by atoms with van der Waals surface area (Å²) in [5.41, 5.74) is 3.11. The second-order valence-electron chi connectivity index (χ2n) is 6.32. The summed E-state index contributed by atoms with van der Waals surface area (Å²) < 4.78 is 0. The van der Waals surface area contributed by atoms with Gasteiger partial charge in [0.25, 0.3) is 0 Å². The molecule has 0 aromatic heterocycles. The highest BCUT2D eigenvalue weighted by Crippen LogP contribution is 2.32. The number of rotatable bonds is 9. The Balaban J connectivity index is 2.65. The Morgan fingerprint density at radius 1 is 1.05 bits per heavy atom. The lowest BCUT2D eigenvalue weighted by Crippen LogP contribution is -2.37. The first kappa shape index (κ1) is 17.6. The van der Waals surface area contributed by atoms with Crippen LogP contribution in [0.15, 0.2) is 24.3 Å². The fraction of sp³-hybridized carbons (Fsp3) is 0.667. The summed E-state index contributed by atoms with van der Waals surface area (Å²) in [6.45, 7) is 8.89. The molecule has 0 spiro atoms. The van der Waals surface area contributed by atoms with Gasteiger partial charge >= 0.3 is 0 Å². The Morgan fingerprint density at radius 2 is 1.60 bits per heavy atom. The molecule has 0 saturated carbocycles. The van der Waals surface area contributed by atoms with Crippen molar-refractivity contribution in [2.45, 2.75) is 53.0 Å². The van der Waals surface area contributed by atoms with Gasteiger partial charge in [0.05, 0.1) is 0 Å². The predicted octanol–water partition coefficient (Wildman–Crippen LogP) is 4.94. The van der Waals surface area contributed by atoms with E-state index in [0.29, 0.717) is 5.41 Å². The third-order valence-electron chi connectivity index (χ3n) is 4.07. The average Bonchev–Trinajstić information content (AvgIpc) is 2.42. The summed E-state index contributed by atoms with van der Waals surface area (Å²) in [5, 5.41) is 0. The van der Waals surface area contributed by atoms with Crippen LogP contribution >= 0.6 is 12.6 Å². The molecular weight excluding hydrogens is 262 g/mol. The number of nitrogens with zero attached hydrogens (tertiary/aromatic N) is 1. The predicted molar refractivity (Wildman–Crippen MR) is 93.6 cm³/mol. The molecule has 0 amide bonds. The van der Waals surface area contributed by atoms with Crippen molar-refractivity contribution >= 4 is 12.6 Å². The summed E-state index contributed by atoms with van der Waals surface area (Å²) in [5.74, 6) is 0.993. The number of hydrogen-bond acceptors (Lipinski definition) is 2. The molecule has 2 heteroatoms. The molecule has 0 saturated heterocycles. The molecule has 1 nitrogen and oxygen atoms in total. The first-order chi connectivity index (χ1) is 9.55. The van der Waals surface area contributed by atoms with Crippen LogP contribution in [-0.2, 0) is 6.54 Å². The molecule has 20 heavy (non-hydrogen) atoms. The molecular formula is C18H31NS. The van der Waals surface area contributed by atoms with Gasteiger partial charge in [-0.05, 0) is 43.5 Å². The summed E-state index contributed by atoms with van der Waals surface area (Å²) in [6.07, 6.45) is 5.06. The van der Waals surface area contributed by atoms with Gasteiger partial charge in [-0.3, -0.25) is 0 Å². The first-order valence-electron chi connectivity index (χ1n) is 7.90. The second kappa shape index (κ2) is 8.74. The first-order valence-corrected chi connectivity index (χ1v) is 8.53. The molecule has 0 atom stereocenters. The molecule has 0 aliphatic carbocycles. The molecule has 0 heterocycles.